The molecule has 0 bridgehead atoms. The molecular weight excluding hydrogens is 202 g/mol. The molecular formula is C9H8ClN3O. The van der Waals surface area contributed by atoms with Gasteiger partial charge in [-0.05, 0) is 6.92 Å². The fraction of sp³-hybridized carbons (Fsp3) is 0.333. The highest BCUT2D eigenvalue weighted by Crippen LogP contribution is 2.34. The van der Waals surface area contributed by atoms with Gasteiger partial charge in [0.1, 0.15) is 12.1 Å². The van der Waals surface area contributed by atoms with Crippen LogP contribution in [0.3, 0.4) is 0 Å². The minimum atomic E-state index is 0.415. The second kappa shape index (κ2) is 2.60. The molecule has 0 amide bonds. The lowest BCUT2D eigenvalue weighted by atomic mass is 10.2. The number of hydrogen-bond donors (Lipinski definition) is 0. The maximum Gasteiger partial charge on any atom is 0.182 e. The zero-order valence-corrected chi connectivity index (χ0v) is 8.38. The highest BCUT2D eigenvalue weighted by Gasteiger charge is 2.20. The topological polar surface area (TPSA) is 39.9 Å². The molecule has 5 heteroatoms. The molecule has 0 radical (unpaired) electrons. The lowest BCUT2D eigenvalue weighted by molar-refractivity contribution is 0.277. The van der Waals surface area contributed by atoms with Gasteiger partial charge in [0, 0.05) is 11.6 Å². The average Bonchev–Trinajstić information content (AvgIpc) is 2.50. The van der Waals surface area contributed by atoms with E-state index in [0.29, 0.717) is 17.5 Å². The summed E-state index contributed by atoms with van der Waals surface area (Å²) in [6, 6.07) is 0. The Bertz CT molecular complexity index is 520. The normalized spacial score (nSPS) is 14.4. The highest BCUT2D eigenvalue weighted by atomic mass is 35.5. The van der Waals surface area contributed by atoms with Crippen molar-refractivity contribution >= 4 is 22.5 Å². The summed E-state index contributed by atoms with van der Waals surface area (Å²) >= 11 is 5.94. The molecule has 14 heavy (non-hydrogen) atoms. The summed E-state index contributed by atoms with van der Waals surface area (Å²) in [6.45, 7) is 3.34. The molecule has 0 spiro atoms. The van der Waals surface area contributed by atoms with E-state index >= 15 is 0 Å². The van der Waals surface area contributed by atoms with Crippen LogP contribution in [-0.2, 0) is 6.54 Å². The predicted octanol–water partition coefficient (Wildman–Crippen LogP) is 1.79. The predicted molar refractivity (Wildman–Crippen MR) is 52.8 cm³/mol. The van der Waals surface area contributed by atoms with Crippen molar-refractivity contribution in [2.45, 2.75) is 13.5 Å². The molecule has 3 rings (SSSR count). The van der Waals surface area contributed by atoms with E-state index in [-0.39, 0.29) is 0 Å². The Morgan fingerprint density at radius 1 is 1.57 bits per heavy atom. The fourth-order valence-electron chi connectivity index (χ4n) is 1.79. The van der Waals surface area contributed by atoms with Gasteiger partial charge in [0.15, 0.2) is 10.9 Å². The Hall–Kier alpha value is -1.29. The van der Waals surface area contributed by atoms with Gasteiger partial charge >= 0.3 is 0 Å². The third-order valence-corrected chi connectivity index (χ3v) is 2.70. The van der Waals surface area contributed by atoms with Crippen LogP contribution in [-0.4, -0.2) is 21.4 Å². The van der Waals surface area contributed by atoms with E-state index < -0.39 is 0 Å². The molecule has 0 unspecified atom stereocenters. The number of aryl methyl sites for hydroxylation is 1. The van der Waals surface area contributed by atoms with Crippen molar-refractivity contribution < 1.29 is 4.74 Å². The molecule has 4 nitrogen and oxygen atoms in total. The van der Waals surface area contributed by atoms with Crippen molar-refractivity contribution in [1.82, 2.24) is 14.8 Å². The van der Waals surface area contributed by atoms with Crippen molar-refractivity contribution in [3.8, 4) is 5.75 Å². The molecule has 0 aromatic carbocycles. The maximum atomic E-state index is 5.94. The van der Waals surface area contributed by atoms with E-state index in [1.807, 2.05) is 11.6 Å². The zero-order chi connectivity index (χ0) is 9.71. The monoisotopic (exact) mass is 209 g/mol. The summed E-state index contributed by atoms with van der Waals surface area (Å²) < 4.78 is 7.41. The van der Waals surface area contributed by atoms with E-state index in [1.54, 1.807) is 6.20 Å². The number of ether oxygens (including phenoxy) is 1. The number of aromatic nitrogens is 3. The minimum Gasteiger partial charge on any atom is -0.486 e. The smallest absolute Gasteiger partial charge is 0.182 e. The SMILES string of the molecule is Cc1nn2c3c(c(Cl)ncc13)OCC2. The van der Waals surface area contributed by atoms with Crippen LogP contribution in [0.15, 0.2) is 6.20 Å². The van der Waals surface area contributed by atoms with Crippen molar-refractivity contribution in [2.24, 2.45) is 0 Å². The first-order valence-electron chi connectivity index (χ1n) is 4.42. The van der Waals surface area contributed by atoms with Crippen LogP contribution in [0.25, 0.3) is 10.9 Å². The quantitative estimate of drug-likeness (QED) is 0.621. The van der Waals surface area contributed by atoms with Crippen LogP contribution in [0.2, 0.25) is 5.15 Å². The van der Waals surface area contributed by atoms with Gasteiger partial charge in [-0.3, -0.25) is 4.68 Å². The second-order valence-corrected chi connectivity index (χ2v) is 3.66. The Morgan fingerprint density at radius 3 is 3.29 bits per heavy atom. The van der Waals surface area contributed by atoms with Crippen LogP contribution in [0.5, 0.6) is 5.75 Å². The zero-order valence-electron chi connectivity index (χ0n) is 7.62. The van der Waals surface area contributed by atoms with Crippen LogP contribution >= 0.6 is 11.6 Å². The summed E-state index contributed by atoms with van der Waals surface area (Å²) in [4.78, 5) is 4.07. The minimum absolute atomic E-state index is 0.415. The van der Waals surface area contributed by atoms with E-state index in [4.69, 9.17) is 16.3 Å². The maximum absolute atomic E-state index is 5.94. The molecule has 2 aromatic rings. The first-order chi connectivity index (χ1) is 6.77. The molecule has 2 aromatic heterocycles. The van der Waals surface area contributed by atoms with Crippen LogP contribution in [0, 0.1) is 6.92 Å². The number of pyridine rings is 1. The van der Waals surface area contributed by atoms with Gasteiger partial charge in [0.2, 0.25) is 0 Å². The second-order valence-electron chi connectivity index (χ2n) is 3.30. The van der Waals surface area contributed by atoms with Crippen LogP contribution in [0.1, 0.15) is 5.69 Å². The van der Waals surface area contributed by atoms with Crippen LogP contribution in [0.4, 0.5) is 0 Å². The lowest BCUT2D eigenvalue weighted by Gasteiger charge is -2.15. The largest absolute Gasteiger partial charge is 0.486 e. The number of halogens is 1. The van der Waals surface area contributed by atoms with E-state index in [2.05, 4.69) is 10.1 Å². The molecule has 1 aliphatic heterocycles. The van der Waals surface area contributed by atoms with Gasteiger partial charge < -0.3 is 4.74 Å². The van der Waals surface area contributed by atoms with Crippen molar-refractivity contribution in [3.05, 3.63) is 17.0 Å². The molecule has 72 valence electrons. The third kappa shape index (κ3) is 0.889. The highest BCUT2D eigenvalue weighted by molar-refractivity contribution is 6.31. The van der Waals surface area contributed by atoms with Crippen molar-refractivity contribution in [1.29, 1.82) is 0 Å². The average molecular weight is 210 g/mol. The van der Waals surface area contributed by atoms with E-state index in [9.17, 15) is 0 Å². The molecule has 1 aliphatic rings. The van der Waals surface area contributed by atoms with Gasteiger partial charge in [0.05, 0.1) is 12.2 Å². The molecule has 0 aliphatic carbocycles. The molecule has 0 saturated carbocycles. The summed E-state index contributed by atoms with van der Waals surface area (Å²) in [5.74, 6) is 0.663. The van der Waals surface area contributed by atoms with Gasteiger partial charge in [-0.1, -0.05) is 11.6 Å². The van der Waals surface area contributed by atoms with Gasteiger partial charge in [-0.15, -0.1) is 0 Å². The van der Waals surface area contributed by atoms with Gasteiger partial charge in [-0.2, -0.15) is 5.10 Å². The fourth-order valence-corrected chi connectivity index (χ4v) is 1.98. The molecule has 0 atom stereocenters. The third-order valence-electron chi connectivity index (χ3n) is 2.43. The first-order valence-corrected chi connectivity index (χ1v) is 4.79. The summed E-state index contributed by atoms with van der Waals surface area (Å²) in [7, 11) is 0. The molecule has 0 fully saturated rings. The summed E-state index contributed by atoms with van der Waals surface area (Å²) in [6.07, 6.45) is 1.74. The van der Waals surface area contributed by atoms with Gasteiger partial charge in [-0.25, -0.2) is 4.98 Å². The Kier molecular flexibility index (Phi) is 1.50. The van der Waals surface area contributed by atoms with Crippen molar-refractivity contribution in [2.75, 3.05) is 6.61 Å². The standard InChI is InChI=1S/C9H8ClN3O/c1-5-6-4-11-9(10)8-7(6)13(12-5)2-3-14-8/h4H,2-3H2,1H3. The Balaban J connectivity index is 2.51. The molecule has 0 saturated heterocycles. The van der Waals surface area contributed by atoms with Crippen molar-refractivity contribution in [3.63, 3.8) is 0 Å². The molecule has 0 N–H and O–H groups in total. The Morgan fingerprint density at radius 2 is 2.43 bits per heavy atom. The summed E-state index contributed by atoms with van der Waals surface area (Å²) in [5, 5.41) is 5.83. The number of rotatable bonds is 0. The van der Waals surface area contributed by atoms with Crippen LogP contribution < -0.4 is 4.74 Å². The lowest BCUT2D eigenvalue weighted by Crippen LogP contribution is -2.15. The molecule has 3 heterocycles. The van der Waals surface area contributed by atoms with E-state index in [0.717, 1.165) is 23.1 Å². The Labute approximate surface area is 85.4 Å². The first kappa shape index (κ1) is 8.05. The summed E-state index contributed by atoms with van der Waals surface area (Å²) in [5.41, 5.74) is 1.93. The number of nitrogens with zero attached hydrogens (tertiary/aromatic N) is 3. The number of hydrogen-bond acceptors (Lipinski definition) is 3. The van der Waals surface area contributed by atoms with E-state index in [1.165, 1.54) is 0 Å². The van der Waals surface area contributed by atoms with Gasteiger partial charge in [0.25, 0.3) is 0 Å².